The quantitative estimate of drug-likeness (QED) is 0.388. The Morgan fingerprint density at radius 3 is 2.12 bits per heavy atom. The summed E-state index contributed by atoms with van der Waals surface area (Å²) < 4.78 is 55.0. The maximum atomic E-state index is 14.2. The molecule has 40 heavy (non-hydrogen) atoms. The van der Waals surface area contributed by atoms with Gasteiger partial charge >= 0.3 is 0 Å². The van der Waals surface area contributed by atoms with Crippen LogP contribution in [0.25, 0.3) is 6.08 Å². The first-order chi connectivity index (χ1) is 19.1. The Bertz CT molecular complexity index is 1440. The molecule has 0 aromatic heterocycles. The van der Waals surface area contributed by atoms with Gasteiger partial charge in [-0.2, -0.15) is 0 Å². The van der Waals surface area contributed by atoms with Crippen LogP contribution in [0.1, 0.15) is 24.0 Å². The molecule has 1 fully saturated rings. The molecule has 1 atom stereocenters. The molecule has 3 aromatic rings. The number of benzene rings is 3. The molecule has 0 aliphatic carbocycles. The highest BCUT2D eigenvalue weighted by molar-refractivity contribution is 7.93. The van der Waals surface area contributed by atoms with Crippen molar-refractivity contribution >= 4 is 33.6 Å². The molecule has 1 aliphatic heterocycles. The third-order valence-electron chi connectivity index (χ3n) is 6.85. The summed E-state index contributed by atoms with van der Waals surface area (Å²) in [5.41, 5.74) is 1.50. The number of nitrogens with zero attached hydrogens (tertiary/aromatic N) is 2. The number of carbonyl (C=O) groups is 2. The van der Waals surface area contributed by atoms with Crippen molar-refractivity contribution in [3.63, 3.8) is 0 Å². The van der Waals surface area contributed by atoms with Crippen LogP contribution >= 0.6 is 0 Å². The van der Waals surface area contributed by atoms with E-state index < -0.39 is 39.4 Å². The van der Waals surface area contributed by atoms with Gasteiger partial charge in [-0.25, -0.2) is 21.9 Å². The van der Waals surface area contributed by atoms with Gasteiger partial charge in [-0.15, -0.1) is 0 Å². The van der Waals surface area contributed by atoms with E-state index in [1.807, 2.05) is 11.8 Å². The zero-order valence-electron chi connectivity index (χ0n) is 22.0. The highest BCUT2D eigenvalue weighted by Crippen LogP contribution is 2.27. The number of halogens is 2. The van der Waals surface area contributed by atoms with Crippen LogP contribution in [0.4, 0.5) is 14.5 Å². The molecule has 4 rings (SSSR count). The van der Waals surface area contributed by atoms with Crippen molar-refractivity contribution in [2.75, 3.05) is 25.0 Å². The fourth-order valence-corrected chi connectivity index (χ4v) is 5.49. The van der Waals surface area contributed by atoms with E-state index in [9.17, 15) is 26.8 Å². The molecule has 2 amide bonds. The minimum absolute atomic E-state index is 0.160. The van der Waals surface area contributed by atoms with E-state index in [2.05, 4.69) is 4.90 Å². The van der Waals surface area contributed by atoms with E-state index in [4.69, 9.17) is 0 Å². The number of likely N-dealkylation sites (tertiary alicyclic amines) is 1. The Hall–Kier alpha value is -3.89. The fraction of sp³-hybridized carbons (Fsp3) is 0.267. The molecule has 0 radical (unpaired) electrons. The third kappa shape index (κ3) is 7.83. The molecule has 1 heterocycles. The molecule has 3 aromatic carbocycles. The van der Waals surface area contributed by atoms with E-state index in [-0.39, 0.29) is 12.5 Å². The van der Waals surface area contributed by atoms with Crippen molar-refractivity contribution in [2.45, 2.75) is 25.3 Å². The summed E-state index contributed by atoms with van der Waals surface area (Å²) in [7, 11) is -2.28. The first-order valence-corrected chi connectivity index (χ1v) is 14.5. The van der Waals surface area contributed by atoms with Crippen molar-refractivity contribution < 1.29 is 26.8 Å². The lowest BCUT2D eigenvalue weighted by Gasteiger charge is -2.38. The SMILES string of the molecule is CN1CCC(N(C(=O)C(Cc2ccc(F)cc2)C(=O)NS(=O)(=O)C=Cc2ccccc2)c2ccc(F)cc2)CC1. The zero-order valence-corrected chi connectivity index (χ0v) is 22.9. The summed E-state index contributed by atoms with van der Waals surface area (Å²) in [6.45, 7) is 1.42. The largest absolute Gasteiger partial charge is 0.309 e. The van der Waals surface area contributed by atoms with Gasteiger partial charge in [-0.05, 0) is 93.0 Å². The van der Waals surface area contributed by atoms with Crippen LogP contribution in [0.2, 0.25) is 0 Å². The van der Waals surface area contributed by atoms with E-state index in [0.29, 0.717) is 42.7 Å². The van der Waals surface area contributed by atoms with Crippen LogP contribution in [-0.2, 0) is 26.0 Å². The predicted molar refractivity (Wildman–Crippen MR) is 151 cm³/mol. The second-order valence-corrected chi connectivity index (χ2v) is 11.4. The van der Waals surface area contributed by atoms with Gasteiger partial charge in [0.25, 0.3) is 10.0 Å². The van der Waals surface area contributed by atoms with Crippen LogP contribution in [0, 0.1) is 17.6 Å². The molecule has 10 heteroatoms. The summed E-state index contributed by atoms with van der Waals surface area (Å²) in [6, 6.07) is 19.1. The van der Waals surface area contributed by atoms with Crippen molar-refractivity contribution in [3.05, 3.63) is 107 Å². The lowest BCUT2D eigenvalue weighted by Crippen LogP contribution is -2.52. The molecule has 210 valence electrons. The van der Waals surface area contributed by atoms with Crippen LogP contribution in [-0.4, -0.2) is 51.3 Å². The zero-order chi connectivity index (χ0) is 28.7. The Morgan fingerprint density at radius 1 is 0.950 bits per heavy atom. The monoisotopic (exact) mass is 567 g/mol. The molecule has 0 spiro atoms. The van der Waals surface area contributed by atoms with E-state index in [0.717, 1.165) is 5.41 Å². The Labute approximate surface area is 233 Å². The van der Waals surface area contributed by atoms with Gasteiger partial charge in [0.2, 0.25) is 11.8 Å². The second-order valence-electron chi connectivity index (χ2n) is 9.83. The first kappa shape index (κ1) is 29.1. The maximum Gasteiger partial charge on any atom is 0.257 e. The number of amides is 2. The minimum atomic E-state index is -4.25. The van der Waals surface area contributed by atoms with Crippen molar-refractivity contribution in [3.8, 4) is 0 Å². The summed E-state index contributed by atoms with van der Waals surface area (Å²) in [4.78, 5) is 31.3. The highest BCUT2D eigenvalue weighted by atomic mass is 32.2. The van der Waals surface area contributed by atoms with Gasteiger partial charge < -0.3 is 9.80 Å². The number of carbonyl (C=O) groups excluding carboxylic acids is 2. The van der Waals surface area contributed by atoms with E-state index >= 15 is 0 Å². The molecule has 7 nitrogen and oxygen atoms in total. The van der Waals surface area contributed by atoms with E-state index in [1.165, 1.54) is 59.5 Å². The number of nitrogens with one attached hydrogen (secondary N) is 1. The standard InChI is InChI=1S/C30H31F2N3O4S/c1-34-18-15-27(16-19-34)35(26-13-11-25(32)12-14-26)30(37)28(21-23-7-9-24(31)10-8-23)29(36)33-40(38,39)20-17-22-5-3-2-4-6-22/h2-14,17,20,27-28H,15-16,18-19,21H2,1H3,(H,33,36). The Kier molecular flexibility index (Phi) is 9.44. The smallest absolute Gasteiger partial charge is 0.257 e. The topological polar surface area (TPSA) is 86.8 Å². The highest BCUT2D eigenvalue weighted by Gasteiger charge is 2.37. The van der Waals surface area contributed by atoms with Crippen LogP contribution in [0.3, 0.4) is 0 Å². The van der Waals surface area contributed by atoms with Gasteiger partial charge in [0, 0.05) is 11.7 Å². The van der Waals surface area contributed by atoms with Crippen LogP contribution in [0.5, 0.6) is 0 Å². The number of sulfonamides is 1. The third-order valence-corrected chi connectivity index (χ3v) is 7.83. The minimum Gasteiger partial charge on any atom is -0.309 e. The summed E-state index contributed by atoms with van der Waals surface area (Å²) in [5, 5.41) is 0.869. The molecular weight excluding hydrogens is 536 g/mol. The molecule has 0 bridgehead atoms. The van der Waals surface area contributed by atoms with Gasteiger partial charge in [0.1, 0.15) is 17.6 Å². The van der Waals surface area contributed by atoms with Gasteiger partial charge in [-0.1, -0.05) is 42.5 Å². The summed E-state index contributed by atoms with van der Waals surface area (Å²) >= 11 is 0. The van der Waals surface area contributed by atoms with Crippen LogP contribution < -0.4 is 9.62 Å². The van der Waals surface area contributed by atoms with Crippen LogP contribution in [0.15, 0.2) is 84.3 Å². The predicted octanol–water partition coefficient (Wildman–Crippen LogP) is 4.37. The maximum absolute atomic E-state index is 14.2. The molecule has 1 aliphatic rings. The Morgan fingerprint density at radius 2 is 1.52 bits per heavy atom. The second kappa shape index (κ2) is 13.0. The number of piperidine rings is 1. The van der Waals surface area contributed by atoms with Crippen molar-refractivity contribution in [2.24, 2.45) is 5.92 Å². The number of rotatable bonds is 9. The number of hydrogen-bond donors (Lipinski definition) is 1. The van der Waals surface area contributed by atoms with E-state index in [1.54, 1.807) is 30.3 Å². The number of anilines is 1. The Balaban J connectivity index is 1.66. The van der Waals surface area contributed by atoms with Crippen molar-refractivity contribution in [1.82, 2.24) is 9.62 Å². The molecule has 0 saturated carbocycles. The molecule has 1 saturated heterocycles. The van der Waals surface area contributed by atoms with Gasteiger partial charge in [0.05, 0.1) is 5.41 Å². The molecule has 1 unspecified atom stereocenters. The van der Waals surface area contributed by atoms with Crippen molar-refractivity contribution in [1.29, 1.82) is 0 Å². The fourth-order valence-electron chi connectivity index (χ4n) is 4.67. The average molecular weight is 568 g/mol. The lowest BCUT2D eigenvalue weighted by atomic mass is 9.94. The lowest BCUT2D eigenvalue weighted by molar-refractivity contribution is -0.133. The summed E-state index contributed by atoms with van der Waals surface area (Å²) in [6.07, 6.45) is 2.41. The average Bonchev–Trinajstić information content (AvgIpc) is 2.94. The molecule has 1 N–H and O–H groups in total. The first-order valence-electron chi connectivity index (χ1n) is 12.9. The normalized spacial score (nSPS) is 15.6. The summed E-state index contributed by atoms with van der Waals surface area (Å²) in [5.74, 6) is -4.03. The van der Waals surface area contributed by atoms with Gasteiger partial charge in [-0.3, -0.25) is 9.59 Å². The number of hydrogen-bond acceptors (Lipinski definition) is 5. The van der Waals surface area contributed by atoms with Gasteiger partial charge in [0.15, 0.2) is 0 Å². The molecular formula is C30H31F2N3O4S.